The van der Waals surface area contributed by atoms with Crippen LogP contribution in [0.1, 0.15) is 57.2 Å². The molecule has 1 saturated heterocycles. The molecule has 1 aliphatic heterocycles. The van der Waals surface area contributed by atoms with E-state index in [9.17, 15) is 4.79 Å². The average Bonchev–Trinajstić information content (AvgIpc) is 2.99. The summed E-state index contributed by atoms with van der Waals surface area (Å²) in [4.78, 5) is 16.8. The van der Waals surface area contributed by atoms with Gasteiger partial charge in [0, 0.05) is 12.0 Å². The minimum atomic E-state index is -0.571. The zero-order valence-corrected chi connectivity index (χ0v) is 16.7. The number of nitrogens with zero attached hydrogens (tertiary/aromatic N) is 2. The number of carbonyl (C=O) groups excluding carboxylic acids is 1. The van der Waals surface area contributed by atoms with E-state index in [1.165, 1.54) is 7.11 Å². The second-order valence-electron chi connectivity index (χ2n) is 7.82. The number of imidazole rings is 1. The van der Waals surface area contributed by atoms with Gasteiger partial charge in [-0.3, -0.25) is 0 Å². The van der Waals surface area contributed by atoms with Crippen LogP contribution in [0.3, 0.4) is 0 Å². The number of rotatable bonds is 4. The van der Waals surface area contributed by atoms with Crippen LogP contribution >= 0.6 is 0 Å². The molecule has 6 nitrogen and oxygen atoms in total. The number of fused-ring (bicyclic) bond motifs is 1. The van der Waals surface area contributed by atoms with E-state index in [1.807, 2.05) is 40.7 Å². The van der Waals surface area contributed by atoms with Crippen LogP contribution in [-0.2, 0) is 20.6 Å². The van der Waals surface area contributed by atoms with Gasteiger partial charge in [0.1, 0.15) is 5.82 Å². The van der Waals surface area contributed by atoms with Crippen molar-refractivity contribution in [2.24, 2.45) is 0 Å². The van der Waals surface area contributed by atoms with Crippen molar-refractivity contribution in [3.05, 3.63) is 23.5 Å². The van der Waals surface area contributed by atoms with Crippen LogP contribution in [0.5, 0.6) is 0 Å². The van der Waals surface area contributed by atoms with Gasteiger partial charge in [0.2, 0.25) is 0 Å². The maximum Gasteiger partial charge on any atom is 0.497 e. The summed E-state index contributed by atoms with van der Waals surface area (Å²) < 4.78 is 19.6. The number of ether oxygens (including phenoxy) is 1. The number of benzene rings is 1. The number of hydrogen-bond donors (Lipinski definition) is 0. The standard InChI is InChI=1S/C19H27BN2O4/c1-8-9-22-12(2)21-15-11-13(17(23)24-7)10-14(16(15)22)20-25-18(3,4)19(5,6)26-20/h10-11H,8-9H2,1-7H3. The van der Waals surface area contributed by atoms with Crippen molar-refractivity contribution < 1.29 is 18.8 Å². The Balaban J connectivity index is 2.23. The van der Waals surface area contributed by atoms with Crippen LogP contribution in [0, 0.1) is 6.92 Å². The van der Waals surface area contributed by atoms with E-state index in [4.69, 9.17) is 14.0 Å². The van der Waals surface area contributed by atoms with Crippen LogP contribution in [-0.4, -0.2) is 41.0 Å². The molecule has 0 spiro atoms. The molecule has 140 valence electrons. The number of esters is 1. The highest BCUT2D eigenvalue weighted by molar-refractivity contribution is 6.65. The number of carbonyl (C=O) groups is 1. The molecule has 0 radical (unpaired) electrons. The molecule has 0 aliphatic carbocycles. The monoisotopic (exact) mass is 358 g/mol. The highest BCUT2D eigenvalue weighted by atomic mass is 16.7. The van der Waals surface area contributed by atoms with Crippen molar-refractivity contribution in [2.45, 2.75) is 65.7 Å². The third kappa shape index (κ3) is 2.93. The molecular weight excluding hydrogens is 331 g/mol. The van der Waals surface area contributed by atoms with Gasteiger partial charge < -0.3 is 18.6 Å². The zero-order valence-electron chi connectivity index (χ0n) is 16.7. The number of aromatic nitrogens is 2. The molecule has 0 N–H and O–H groups in total. The van der Waals surface area contributed by atoms with E-state index in [-0.39, 0.29) is 0 Å². The molecule has 2 aromatic rings. The van der Waals surface area contributed by atoms with Crippen molar-refractivity contribution in [3.63, 3.8) is 0 Å². The summed E-state index contributed by atoms with van der Waals surface area (Å²) in [5.74, 6) is 0.508. The average molecular weight is 358 g/mol. The maximum atomic E-state index is 12.2. The molecule has 1 aromatic carbocycles. The van der Waals surface area contributed by atoms with E-state index < -0.39 is 24.3 Å². The van der Waals surface area contributed by atoms with Gasteiger partial charge in [-0.1, -0.05) is 6.92 Å². The fraction of sp³-hybridized carbons (Fsp3) is 0.579. The van der Waals surface area contributed by atoms with Crippen molar-refractivity contribution >= 4 is 29.6 Å². The Morgan fingerprint density at radius 3 is 2.38 bits per heavy atom. The quantitative estimate of drug-likeness (QED) is 0.621. The molecule has 26 heavy (non-hydrogen) atoms. The molecule has 0 bridgehead atoms. The third-order valence-electron chi connectivity index (χ3n) is 5.44. The van der Waals surface area contributed by atoms with Gasteiger partial charge >= 0.3 is 13.1 Å². The second kappa shape index (κ2) is 6.39. The number of hydrogen-bond acceptors (Lipinski definition) is 5. The molecule has 0 atom stereocenters. The Labute approximate surface area is 155 Å². The van der Waals surface area contributed by atoms with Gasteiger partial charge in [-0.25, -0.2) is 9.78 Å². The van der Waals surface area contributed by atoms with Crippen LogP contribution in [0.2, 0.25) is 0 Å². The Morgan fingerprint density at radius 2 is 1.85 bits per heavy atom. The molecule has 0 saturated carbocycles. The first-order valence-electron chi connectivity index (χ1n) is 9.06. The Bertz CT molecular complexity index is 841. The lowest BCUT2D eigenvalue weighted by Gasteiger charge is -2.32. The van der Waals surface area contributed by atoms with Gasteiger partial charge in [-0.2, -0.15) is 0 Å². The van der Waals surface area contributed by atoms with Crippen molar-refractivity contribution in [1.82, 2.24) is 9.55 Å². The summed E-state index contributed by atoms with van der Waals surface area (Å²) in [6.07, 6.45) is 0.980. The predicted molar refractivity (Wildman–Crippen MR) is 102 cm³/mol. The maximum absolute atomic E-state index is 12.2. The summed E-state index contributed by atoms with van der Waals surface area (Å²) >= 11 is 0. The van der Waals surface area contributed by atoms with Crippen LogP contribution in [0.15, 0.2) is 12.1 Å². The molecule has 1 fully saturated rings. The number of methoxy groups -OCH3 is 1. The van der Waals surface area contributed by atoms with E-state index in [2.05, 4.69) is 16.5 Å². The molecule has 7 heteroatoms. The SMILES string of the molecule is CCCn1c(C)nc2cc(C(=O)OC)cc(B3OC(C)(C)C(C)(C)O3)c21. The van der Waals surface area contributed by atoms with E-state index in [0.29, 0.717) is 5.56 Å². The minimum Gasteiger partial charge on any atom is -0.465 e. The molecule has 0 amide bonds. The normalized spacial score (nSPS) is 18.5. The lowest BCUT2D eigenvalue weighted by Crippen LogP contribution is -2.41. The summed E-state index contributed by atoms with van der Waals surface area (Å²) in [6, 6.07) is 3.58. The molecule has 0 unspecified atom stereocenters. The summed E-state index contributed by atoms with van der Waals surface area (Å²) in [5, 5.41) is 0. The Kier molecular flexibility index (Phi) is 4.65. The third-order valence-corrected chi connectivity index (χ3v) is 5.44. The highest BCUT2D eigenvalue weighted by Gasteiger charge is 2.52. The number of aryl methyl sites for hydroxylation is 2. The molecule has 2 heterocycles. The van der Waals surface area contributed by atoms with Crippen LogP contribution < -0.4 is 5.46 Å². The van der Waals surface area contributed by atoms with Gasteiger partial charge in [-0.15, -0.1) is 0 Å². The molecule has 3 rings (SSSR count). The fourth-order valence-electron chi connectivity index (χ4n) is 3.30. The lowest BCUT2D eigenvalue weighted by molar-refractivity contribution is 0.00578. The largest absolute Gasteiger partial charge is 0.497 e. The van der Waals surface area contributed by atoms with Gasteiger partial charge in [0.15, 0.2) is 0 Å². The lowest BCUT2D eigenvalue weighted by atomic mass is 9.77. The summed E-state index contributed by atoms with van der Waals surface area (Å²) in [6.45, 7) is 13.0. The van der Waals surface area contributed by atoms with Crippen molar-refractivity contribution in [2.75, 3.05) is 7.11 Å². The highest BCUT2D eigenvalue weighted by Crippen LogP contribution is 2.37. The fourth-order valence-corrected chi connectivity index (χ4v) is 3.30. The first-order chi connectivity index (χ1) is 12.1. The first-order valence-corrected chi connectivity index (χ1v) is 9.06. The van der Waals surface area contributed by atoms with E-state index in [1.54, 1.807) is 6.07 Å². The van der Waals surface area contributed by atoms with Crippen molar-refractivity contribution in [1.29, 1.82) is 0 Å². The Morgan fingerprint density at radius 1 is 1.23 bits per heavy atom. The van der Waals surface area contributed by atoms with Crippen LogP contribution in [0.4, 0.5) is 0 Å². The predicted octanol–water partition coefficient (Wildman–Crippen LogP) is 2.84. The topological polar surface area (TPSA) is 62.6 Å². The van der Waals surface area contributed by atoms with E-state index >= 15 is 0 Å². The first kappa shape index (κ1) is 18.9. The molecule has 1 aromatic heterocycles. The van der Waals surface area contributed by atoms with E-state index in [0.717, 1.165) is 35.3 Å². The second-order valence-corrected chi connectivity index (χ2v) is 7.82. The van der Waals surface area contributed by atoms with Crippen LogP contribution in [0.25, 0.3) is 11.0 Å². The molecular formula is C19H27BN2O4. The van der Waals surface area contributed by atoms with Gasteiger partial charge in [0.05, 0.1) is 34.9 Å². The minimum absolute atomic E-state index is 0.396. The molecule has 1 aliphatic rings. The van der Waals surface area contributed by atoms with Crippen molar-refractivity contribution in [3.8, 4) is 0 Å². The summed E-state index contributed by atoms with van der Waals surface area (Å²) in [7, 11) is 0.806. The Hall–Kier alpha value is -1.86. The zero-order chi connectivity index (χ0) is 19.3. The summed E-state index contributed by atoms with van der Waals surface area (Å²) in [5.41, 5.74) is 2.05. The van der Waals surface area contributed by atoms with Gasteiger partial charge in [0.25, 0.3) is 0 Å². The smallest absolute Gasteiger partial charge is 0.465 e. The van der Waals surface area contributed by atoms with Gasteiger partial charge in [-0.05, 0) is 53.2 Å².